The third-order valence-electron chi connectivity index (χ3n) is 1.20. The van der Waals surface area contributed by atoms with Gasteiger partial charge in [0.2, 0.25) is 0 Å². The van der Waals surface area contributed by atoms with Gasteiger partial charge < -0.3 is 10.2 Å². The molecule has 1 fully saturated rings. The lowest BCUT2D eigenvalue weighted by Gasteiger charge is -2.18. The number of ether oxygens (including phenoxy) is 2. The topological polar surface area (TPSA) is 76.0 Å². The molecule has 13 heavy (non-hydrogen) atoms. The summed E-state index contributed by atoms with van der Waals surface area (Å²) in [6.45, 7) is 0. The van der Waals surface area contributed by atoms with Crippen molar-refractivity contribution in [2.75, 3.05) is 0 Å². The second-order valence-corrected chi connectivity index (χ2v) is 2.13. The molecule has 1 atom stereocenters. The van der Waals surface area contributed by atoms with Gasteiger partial charge in [-0.05, 0) is 0 Å². The Hall–Kier alpha value is -0.930. The number of hydrogen-bond donors (Lipinski definition) is 2. The Balaban J connectivity index is 3.07. The summed E-state index contributed by atoms with van der Waals surface area (Å²) in [5, 5.41) is 16.4. The van der Waals surface area contributed by atoms with Crippen molar-refractivity contribution in [3.05, 3.63) is 0 Å². The van der Waals surface area contributed by atoms with Crippen LogP contribution in [-0.4, -0.2) is 34.4 Å². The second-order valence-electron chi connectivity index (χ2n) is 2.13. The Morgan fingerprint density at radius 3 is 1.77 bits per heavy atom. The largest absolute Gasteiger partial charge is 0.493 e. The van der Waals surface area contributed by atoms with Crippen molar-refractivity contribution in [3.63, 3.8) is 0 Å². The highest BCUT2D eigenvalue weighted by Crippen LogP contribution is 2.46. The maximum Gasteiger partial charge on any atom is 0.493 e. The van der Waals surface area contributed by atoms with Crippen LogP contribution in [0.4, 0.5) is 17.6 Å². The average Bonchev–Trinajstić information content (AvgIpc) is 1.97. The number of hydrogen-bond acceptors (Lipinski definition) is 4. The SMILES string of the molecule is O=C(O)C1(O)OC(F)(F)OC1(F)F. The first kappa shape index (κ1) is 10.2. The van der Waals surface area contributed by atoms with Gasteiger partial charge in [0.1, 0.15) is 0 Å². The molecular formula is C4H2F4O5. The molecule has 0 aromatic rings. The van der Waals surface area contributed by atoms with Crippen LogP contribution in [0.2, 0.25) is 0 Å². The summed E-state index contributed by atoms with van der Waals surface area (Å²) in [5.74, 6) is -7.04. The average molecular weight is 206 g/mol. The third kappa shape index (κ3) is 1.34. The zero-order valence-corrected chi connectivity index (χ0v) is 5.63. The van der Waals surface area contributed by atoms with Crippen LogP contribution in [-0.2, 0) is 14.3 Å². The highest BCUT2D eigenvalue weighted by molar-refractivity contribution is 5.76. The maximum atomic E-state index is 12.3. The predicted molar refractivity (Wildman–Crippen MR) is 24.6 cm³/mol. The number of rotatable bonds is 1. The minimum Gasteiger partial charge on any atom is -0.477 e. The summed E-state index contributed by atoms with van der Waals surface area (Å²) < 4.78 is 53.9. The molecule has 2 N–H and O–H groups in total. The number of aliphatic carboxylic acids is 1. The van der Waals surface area contributed by atoms with Crippen LogP contribution in [0.3, 0.4) is 0 Å². The Morgan fingerprint density at radius 2 is 1.62 bits per heavy atom. The quantitative estimate of drug-likeness (QED) is 0.588. The first-order valence-electron chi connectivity index (χ1n) is 2.72. The van der Waals surface area contributed by atoms with E-state index >= 15 is 0 Å². The molecule has 1 aliphatic heterocycles. The van der Waals surface area contributed by atoms with Crippen LogP contribution in [0.25, 0.3) is 0 Å². The van der Waals surface area contributed by atoms with E-state index in [2.05, 4.69) is 9.47 Å². The minimum atomic E-state index is -5.01. The van der Waals surface area contributed by atoms with E-state index in [9.17, 15) is 22.4 Å². The number of carboxylic acid groups (broad SMARTS) is 1. The van der Waals surface area contributed by atoms with Crippen LogP contribution >= 0.6 is 0 Å². The minimum absolute atomic E-state index is 2.59. The molecule has 0 saturated carbocycles. The second kappa shape index (κ2) is 2.30. The fourth-order valence-corrected chi connectivity index (χ4v) is 0.639. The van der Waals surface area contributed by atoms with Crippen molar-refractivity contribution in [2.24, 2.45) is 0 Å². The van der Waals surface area contributed by atoms with Crippen LogP contribution in [0.1, 0.15) is 0 Å². The molecule has 0 spiro atoms. The highest BCUT2D eigenvalue weighted by atomic mass is 19.3. The molecule has 0 aliphatic carbocycles. The third-order valence-corrected chi connectivity index (χ3v) is 1.20. The summed E-state index contributed by atoms with van der Waals surface area (Å²) in [4.78, 5) is 9.96. The fraction of sp³-hybridized carbons (Fsp3) is 0.750. The zero-order chi connectivity index (χ0) is 10.5. The number of aliphatic hydroxyl groups is 1. The van der Waals surface area contributed by atoms with E-state index in [0.29, 0.717) is 0 Å². The highest BCUT2D eigenvalue weighted by Gasteiger charge is 2.76. The number of halogens is 4. The number of carboxylic acids is 1. The van der Waals surface area contributed by atoms with E-state index in [4.69, 9.17) is 10.2 Å². The molecular weight excluding hydrogens is 204 g/mol. The van der Waals surface area contributed by atoms with E-state index in [1.54, 1.807) is 0 Å². The molecule has 1 rings (SSSR count). The summed E-state index contributed by atoms with van der Waals surface area (Å²) in [6.07, 6.45) is -9.85. The Kier molecular flexibility index (Phi) is 1.80. The van der Waals surface area contributed by atoms with Gasteiger partial charge in [-0.3, -0.25) is 0 Å². The Morgan fingerprint density at radius 1 is 1.15 bits per heavy atom. The van der Waals surface area contributed by atoms with Crippen LogP contribution in [0.5, 0.6) is 0 Å². The molecule has 0 aromatic heterocycles. The van der Waals surface area contributed by atoms with E-state index in [1.165, 1.54) is 0 Å². The monoisotopic (exact) mass is 206 g/mol. The van der Waals surface area contributed by atoms with Crippen molar-refractivity contribution < 1.29 is 42.0 Å². The molecule has 9 heteroatoms. The summed E-state index contributed by atoms with van der Waals surface area (Å²) in [5.41, 5.74) is 0. The van der Waals surface area contributed by atoms with Crippen molar-refractivity contribution in [2.45, 2.75) is 18.2 Å². The number of alkyl halides is 4. The molecule has 1 heterocycles. The van der Waals surface area contributed by atoms with E-state index in [1.807, 2.05) is 0 Å². The molecule has 5 nitrogen and oxygen atoms in total. The predicted octanol–water partition coefficient (Wildman–Crippen LogP) is -0.0505. The van der Waals surface area contributed by atoms with E-state index < -0.39 is 24.2 Å². The van der Waals surface area contributed by atoms with Gasteiger partial charge in [-0.25, -0.2) is 14.3 Å². The standard InChI is InChI=1S/C4H2F4O5/c5-3(6)2(11,1(9)10)12-4(7,8)13-3/h11H,(H,9,10). The van der Waals surface area contributed by atoms with Crippen molar-refractivity contribution >= 4 is 5.97 Å². The molecule has 0 amide bonds. The molecule has 1 aliphatic rings. The van der Waals surface area contributed by atoms with Gasteiger partial charge in [-0.15, -0.1) is 8.78 Å². The van der Waals surface area contributed by atoms with Gasteiger partial charge in [0, 0.05) is 0 Å². The lowest BCUT2D eigenvalue weighted by Crippen LogP contribution is -2.52. The molecule has 0 aromatic carbocycles. The van der Waals surface area contributed by atoms with E-state index in [0.717, 1.165) is 0 Å². The van der Waals surface area contributed by atoms with E-state index in [-0.39, 0.29) is 0 Å². The molecule has 1 saturated heterocycles. The van der Waals surface area contributed by atoms with Gasteiger partial charge in [-0.2, -0.15) is 8.78 Å². The number of carbonyl (C=O) groups is 1. The van der Waals surface area contributed by atoms with Gasteiger partial charge >= 0.3 is 24.2 Å². The van der Waals surface area contributed by atoms with Crippen LogP contribution in [0.15, 0.2) is 0 Å². The van der Waals surface area contributed by atoms with Crippen molar-refractivity contribution in [3.8, 4) is 0 Å². The van der Waals surface area contributed by atoms with Gasteiger partial charge in [0.15, 0.2) is 0 Å². The van der Waals surface area contributed by atoms with Gasteiger partial charge in [-0.1, -0.05) is 0 Å². The van der Waals surface area contributed by atoms with Gasteiger partial charge in [0.25, 0.3) is 0 Å². The molecule has 76 valence electrons. The summed E-state index contributed by atoms with van der Waals surface area (Å²) in [7, 11) is 0. The Bertz CT molecular complexity index is 253. The molecule has 0 bridgehead atoms. The lowest BCUT2D eigenvalue weighted by molar-refractivity contribution is -0.387. The smallest absolute Gasteiger partial charge is 0.477 e. The van der Waals surface area contributed by atoms with Gasteiger partial charge in [0.05, 0.1) is 0 Å². The first-order chi connectivity index (χ1) is 5.61. The molecule has 1 unspecified atom stereocenters. The van der Waals surface area contributed by atoms with Crippen LogP contribution < -0.4 is 0 Å². The Labute approximate surface area is 67.5 Å². The maximum absolute atomic E-state index is 12.3. The normalized spacial score (nSPS) is 36.1. The first-order valence-corrected chi connectivity index (χ1v) is 2.72. The summed E-state index contributed by atoms with van der Waals surface area (Å²) >= 11 is 0. The lowest BCUT2D eigenvalue weighted by atomic mass is 10.3. The summed E-state index contributed by atoms with van der Waals surface area (Å²) in [6, 6.07) is 0. The zero-order valence-electron chi connectivity index (χ0n) is 5.63. The van der Waals surface area contributed by atoms with Crippen molar-refractivity contribution in [1.29, 1.82) is 0 Å². The molecule has 0 radical (unpaired) electrons. The fourth-order valence-electron chi connectivity index (χ4n) is 0.639. The van der Waals surface area contributed by atoms with Crippen molar-refractivity contribution in [1.82, 2.24) is 0 Å². The van der Waals surface area contributed by atoms with Crippen LogP contribution in [0, 0.1) is 0 Å².